The Balaban J connectivity index is 2.78. The first-order valence-corrected chi connectivity index (χ1v) is 5.35. The van der Waals surface area contributed by atoms with Crippen LogP contribution in [0.1, 0.15) is 12.5 Å². The van der Waals surface area contributed by atoms with Crippen molar-refractivity contribution in [2.45, 2.75) is 13.1 Å². The number of hydrogen-bond acceptors (Lipinski definition) is 4. The van der Waals surface area contributed by atoms with Crippen LogP contribution in [0, 0.1) is 0 Å². The first-order chi connectivity index (χ1) is 8.32. The lowest BCUT2D eigenvalue weighted by Crippen LogP contribution is -2.18. The standard InChI is InChI=1S/C10H10ClF3N2O2/c1-2-18-9(17)5-15-8-4-6(10(12,13)14)3-7(11)16-8/h3-4H,2,5H2,1H3,(H,15,16). The van der Waals surface area contributed by atoms with Gasteiger partial charge in [0.05, 0.1) is 12.2 Å². The van der Waals surface area contributed by atoms with Gasteiger partial charge in [0, 0.05) is 0 Å². The second kappa shape index (κ2) is 5.90. The number of ether oxygens (including phenoxy) is 1. The van der Waals surface area contributed by atoms with E-state index in [1.165, 1.54) is 0 Å². The Bertz CT molecular complexity index is 438. The summed E-state index contributed by atoms with van der Waals surface area (Å²) in [5, 5.41) is 2.10. The molecule has 0 bridgehead atoms. The van der Waals surface area contributed by atoms with Gasteiger partial charge >= 0.3 is 12.1 Å². The molecule has 0 spiro atoms. The van der Waals surface area contributed by atoms with Gasteiger partial charge in [0.1, 0.15) is 17.5 Å². The van der Waals surface area contributed by atoms with Crippen LogP contribution < -0.4 is 5.32 Å². The number of aromatic nitrogens is 1. The van der Waals surface area contributed by atoms with Crippen LogP contribution in [-0.4, -0.2) is 24.1 Å². The highest BCUT2D eigenvalue weighted by Gasteiger charge is 2.31. The second-order valence-corrected chi connectivity index (χ2v) is 3.61. The Hall–Kier alpha value is -1.50. The van der Waals surface area contributed by atoms with Crippen LogP contribution in [0.5, 0.6) is 0 Å². The summed E-state index contributed by atoms with van der Waals surface area (Å²) in [6.45, 7) is 1.53. The summed E-state index contributed by atoms with van der Waals surface area (Å²) in [6, 6.07) is 1.47. The number of alkyl halides is 3. The summed E-state index contributed by atoms with van der Waals surface area (Å²) in [6.07, 6.45) is -4.52. The maximum Gasteiger partial charge on any atom is 0.416 e. The molecule has 0 aliphatic rings. The van der Waals surface area contributed by atoms with Crippen molar-refractivity contribution >= 4 is 23.4 Å². The maximum absolute atomic E-state index is 12.5. The van der Waals surface area contributed by atoms with Crippen molar-refractivity contribution < 1.29 is 22.7 Å². The van der Waals surface area contributed by atoms with Crippen LogP contribution in [0.3, 0.4) is 0 Å². The summed E-state index contributed by atoms with van der Waals surface area (Å²) in [7, 11) is 0. The molecule has 0 aliphatic carbocycles. The number of rotatable bonds is 4. The van der Waals surface area contributed by atoms with Crippen molar-refractivity contribution in [2.24, 2.45) is 0 Å². The van der Waals surface area contributed by atoms with Crippen LogP contribution in [0.15, 0.2) is 12.1 Å². The Labute approximate surface area is 106 Å². The summed E-state index contributed by atoms with van der Waals surface area (Å²) >= 11 is 5.47. The van der Waals surface area contributed by atoms with E-state index in [-0.39, 0.29) is 24.1 Å². The van der Waals surface area contributed by atoms with Crippen molar-refractivity contribution in [2.75, 3.05) is 18.5 Å². The highest BCUT2D eigenvalue weighted by molar-refractivity contribution is 6.29. The largest absolute Gasteiger partial charge is 0.465 e. The van der Waals surface area contributed by atoms with Crippen LogP contribution in [0.4, 0.5) is 19.0 Å². The van der Waals surface area contributed by atoms with E-state index in [4.69, 9.17) is 11.6 Å². The SMILES string of the molecule is CCOC(=O)CNc1cc(C(F)(F)F)cc(Cl)n1. The number of carbonyl (C=O) groups is 1. The smallest absolute Gasteiger partial charge is 0.416 e. The molecule has 0 unspecified atom stereocenters. The van der Waals surface area contributed by atoms with Gasteiger partial charge in [-0.3, -0.25) is 4.79 Å². The first kappa shape index (κ1) is 14.6. The molecule has 1 rings (SSSR count). The number of halogens is 4. The van der Waals surface area contributed by atoms with Crippen molar-refractivity contribution in [3.63, 3.8) is 0 Å². The monoisotopic (exact) mass is 282 g/mol. The molecule has 1 aromatic heterocycles. The average molecular weight is 283 g/mol. The van der Waals surface area contributed by atoms with E-state index in [0.717, 1.165) is 6.07 Å². The average Bonchev–Trinajstić information content (AvgIpc) is 2.25. The van der Waals surface area contributed by atoms with Gasteiger partial charge < -0.3 is 10.1 Å². The maximum atomic E-state index is 12.5. The van der Waals surface area contributed by atoms with Gasteiger partial charge in [-0.15, -0.1) is 0 Å². The molecule has 4 nitrogen and oxygen atoms in total. The molecule has 1 aromatic rings. The Morgan fingerprint density at radius 1 is 1.50 bits per heavy atom. The minimum Gasteiger partial charge on any atom is -0.465 e. The van der Waals surface area contributed by atoms with Gasteiger partial charge in [0.25, 0.3) is 0 Å². The summed E-state index contributed by atoms with van der Waals surface area (Å²) in [5.74, 6) is -0.726. The number of carbonyl (C=O) groups excluding carboxylic acids is 1. The van der Waals surface area contributed by atoms with Crippen molar-refractivity contribution in [3.8, 4) is 0 Å². The van der Waals surface area contributed by atoms with Crippen LogP contribution in [0.25, 0.3) is 0 Å². The van der Waals surface area contributed by atoms with Crippen LogP contribution in [-0.2, 0) is 15.7 Å². The number of nitrogens with one attached hydrogen (secondary N) is 1. The number of nitrogens with zero attached hydrogens (tertiary/aromatic N) is 1. The van der Waals surface area contributed by atoms with Crippen LogP contribution >= 0.6 is 11.6 Å². The number of anilines is 1. The minimum absolute atomic E-state index is 0.136. The van der Waals surface area contributed by atoms with E-state index < -0.39 is 17.7 Å². The molecule has 100 valence electrons. The molecule has 0 atom stereocenters. The molecular formula is C10H10ClF3N2O2. The van der Waals surface area contributed by atoms with Gasteiger partial charge in [-0.05, 0) is 19.1 Å². The molecule has 0 fully saturated rings. The molecule has 0 radical (unpaired) electrons. The zero-order valence-corrected chi connectivity index (χ0v) is 10.1. The number of hydrogen-bond donors (Lipinski definition) is 1. The molecule has 0 amide bonds. The van der Waals surface area contributed by atoms with E-state index in [1.54, 1.807) is 6.92 Å². The molecule has 18 heavy (non-hydrogen) atoms. The van der Waals surface area contributed by atoms with E-state index in [9.17, 15) is 18.0 Å². The highest BCUT2D eigenvalue weighted by Crippen LogP contribution is 2.31. The highest BCUT2D eigenvalue weighted by atomic mass is 35.5. The lowest BCUT2D eigenvalue weighted by atomic mass is 10.2. The van der Waals surface area contributed by atoms with E-state index in [0.29, 0.717) is 6.07 Å². The predicted octanol–water partition coefficient (Wildman–Crippen LogP) is 2.73. The molecule has 8 heteroatoms. The molecule has 0 saturated carbocycles. The molecule has 0 aromatic carbocycles. The Kier molecular flexibility index (Phi) is 4.77. The Morgan fingerprint density at radius 3 is 2.72 bits per heavy atom. The van der Waals surface area contributed by atoms with Crippen molar-refractivity contribution in [3.05, 3.63) is 22.8 Å². The fourth-order valence-corrected chi connectivity index (χ4v) is 1.33. The quantitative estimate of drug-likeness (QED) is 0.681. The van der Waals surface area contributed by atoms with Gasteiger partial charge in [-0.2, -0.15) is 13.2 Å². The molecule has 0 aliphatic heterocycles. The lowest BCUT2D eigenvalue weighted by molar-refractivity contribution is -0.141. The van der Waals surface area contributed by atoms with Gasteiger partial charge in [-0.1, -0.05) is 11.6 Å². The first-order valence-electron chi connectivity index (χ1n) is 4.97. The van der Waals surface area contributed by atoms with Crippen LogP contribution in [0.2, 0.25) is 5.15 Å². The summed E-state index contributed by atoms with van der Waals surface area (Å²) in [5.41, 5.74) is -0.936. The fourth-order valence-electron chi connectivity index (χ4n) is 1.13. The fraction of sp³-hybridized carbons (Fsp3) is 0.400. The van der Waals surface area contributed by atoms with E-state index >= 15 is 0 Å². The third kappa shape index (κ3) is 4.40. The number of pyridine rings is 1. The molecule has 1 N–H and O–H groups in total. The Morgan fingerprint density at radius 2 is 2.17 bits per heavy atom. The topological polar surface area (TPSA) is 51.2 Å². The predicted molar refractivity (Wildman–Crippen MR) is 59.4 cm³/mol. The second-order valence-electron chi connectivity index (χ2n) is 3.22. The summed E-state index contributed by atoms with van der Waals surface area (Å²) in [4.78, 5) is 14.6. The van der Waals surface area contributed by atoms with Crippen molar-refractivity contribution in [1.82, 2.24) is 4.98 Å². The molecule has 0 saturated heterocycles. The normalized spacial score (nSPS) is 11.2. The van der Waals surface area contributed by atoms with Crippen molar-refractivity contribution in [1.29, 1.82) is 0 Å². The van der Waals surface area contributed by atoms with Gasteiger partial charge in [-0.25, -0.2) is 4.98 Å². The lowest BCUT2D eigenvalue weighted by Gasteiger charge is -2.10. The zero-order chi connectivity index (χ0) is 13.8. The minimum atomic E-state index is -4.52. The third-order valence-electron chi connectivity index (χ3n) is 1.84. The molecular weight excluding hydrogens is 273 g/mol. The molecule has 1 heterocycles. The van der Waals surface area contributed by atoms with Gasteiger partial charge in [0.15, 0.2) is 0 Å². The summed E-state index contributed by atoms with van der Waals surface area (Å²) < 4.78 is 42.0. The van der Waals surface area contributed by atoms with E-state index in [1.807, 2.05) is 0 Å². The number of esters is 1. The third-order valence-corrected chi connectivity index (χ3v) is 2.03. The van der Waals surface area contributed by atoms with E-state index in [2.05, 4.69) is 15.0 Å². The zero-order valence-electron chi connectivity index (χ0n) is 9.34. The van der Waals surface area contributed by atoms with Gasteiger partial charge in [0.2, 0.25) is 0 Å².